The number of carbonyl (C=O) groups is 1. The summed E-state index contributed by atoms with van der Waals surface area (Å²) in [6, 6.07) is 16.5. The van der Waals surface area contributed by atoms with Crippen LogP contribution >= 0.6 is 11.8 Å². The number of nitrogens with one attached hydrogen (secondary N) is 1. The Morgan fingerprint density at radius 1 is 1.17 bits per heavy atom. The molecule has 1 unspecified atom stereocenters. The number of rotatable bonds is 8. The molecule has 6 heteroatoms. The third kappa shape index (κ3) is 6.04. The van der Waals surface area contributed by atoms with Crippen LogP contribution in [0.15, 0.2) is 59.5 Å². The maximum Gasteiger partial charge on any atom is 0.269 e. The van der Waals surface area contributed by atoms with Gasteiger partial charge in [-0.3, -0.25) is 14.9 Å². The molecular formula is C18H20N2O3S. The van der Waals surface area contributed by atoms with Gasteiger partial charge >= 0.3 is 0 Å². The van der Waals surface area contributed by atoms with Crippen molar-refractivity contribution >= 4 is 23.4 Å². The Labute approximate surface area is 145 Å². The van der Waals surface area contributed by atoms with E-state index in [1.807, 2.05) is 25.1 Å². The third-order valence-electron chi connectivity index (χ3n) is 3.53. The lowest BCUT2D eigenvalue weighted by Gasteiger charge is -2.13. The van der Waals surface area contributed by atoms with Crippen molar-refractivity contribution in [3.05, 3.63) is 70.3 Å². The van der Waals surface area contributed by atoms with Gasteiger partial charge in [0.2, 0.25) is 5.91 Å². The number of carbonyl (C=O) groups excluding carboxylic acids is 1. The monoisotopic (exact) mass is 344 g/mol. The molecule has 2 aromatic carbocycles. The fraction of sp³-hybridized carbons (Fsp3) is 0.278. The lowest BCUT2D eigenvalue weighted by molar-refractivity contribution is -0.384. The molecule has 0 aromatic heterocycles. The molecule has 0 aliphatic carbocycles. The molecule has 0 saturated heterocycles. The molecule has 1 N–H and O–H groups in total. The first kappa shape index (κ1) is 18.0. The Bertz CT molecular complexity index is 674. The van der Waals surface area contributed by atoms with Gasteiger partial charge in [-0.25, -0.2) is 0 Å². The molecule has 0 bridgehead atoms. The van der Waals surface area contributed by atoms with Gasteiger partial charge in [-0.2, -0.15) is 0 Å². The zero-order valence-electron chi connectivity index (χ0n) is 13.5. The van der Waals surface area contributed by atoms with Crippen molar-refractivity contribution in [2.45, 2.75) is 30.7 Å². The van der Waals surface area contributed by atoms with E-state index in [0.717, 1.165) is 17.7 Å². The number of thioether (sulfide) groups is 1. The van der Waals surface area contributed by atoms with Crippen LogP contribution in [0.2, 0.25) is 0 Å². The maximum atomic E-state index is 12.0. The van der Waals surface area contributed by atoms with Crippen molar-refractivity contribution < 1.29 is 9.72 Å². The summed E-state index contributed by atoms with van der Waals surface area (Å²) in [7, 11) is 0. The molecule has 0 aliphatic rings. The van der Waals surface area contributed by atoms with E-state index in [1.54, 1.807) is 12.1 Å². The highest BCUT2D eigenvalue weighted by atomic mass is 32.2. The molecule has 2 rings (SSSR count). The van der Waals surface area contributed by atoms with E-state index in [1.165, 1.54) is 29.5 Å². The van der Waals surface area contributed by atoms with E-state index in [0.29, 0.717) is 5.75 Å². The minimum atomic E-state index is -0.435. The van der Waals surface area contributed by atoms with Crippen LogP contribution in [-0.4, -0.2) is 22.6 Å². The molecule has 0 aliphatic heterocycles. The van der Waals surface area contributed by atoms with E-state index in [9.17, 15) is 14.9 Å². The molecule has 0 radical (unpaired) electrons. The zero-order chi connectivity index (χ0) is 17.4. The van der Waals surface area contributed by atoms with E-state index < -0.39 is 4.92 Å². The standard InChI is InChI=1S/C18H20N2O3S/c1-14(7-8-15-5-3-2-4-6-15)19-18(21)13-24-17-11-9-16(10-12-17)20(22)23/h2-6,9-12,14H,7-8,13H2,1H3,(H,19,21). The van der Waals surface area contributed by atoms with Gasteiger partial charge in [0.05, 0.1) is 10.7 Å². The fourth-order valence-corrected chi connectivity index (χ4v) is 2.94. The minimum Gasteiger partial charge on any atom is -0.353 e. The van der Waals surface area contributed by atoms with Crippen LogP contribution in [0.4, 0.5) is 5.69 Å². The Morgan fingerprint density at radius 2 is 1.83 bits per heavy atom. The van der Waals surface area contributed by atoms with Crippen molar-refractivity contribution in [2.75, 3.05) is 5.75 Å². The van der Waals surface area contributed by atoms with Crippen molar-refractivity contribution in [1.82, 2.24) is 5.32 Å². The number of hydrogen-bond donors (Lipinski definition) is 1. The second kappa shape index (κ2) is 9.08. The van der Waals surface area contributed by atoms with E-state index in [4.69, 9.17) is 0 Å². The number of benzene rings is 2. The topological polar surface area (TPSA) is 72.2 Å². The first-order valence-corrected chi connectivity index (χ1v) is 8.73. The molecule has 24 heavy (non-hydrogen) atoms. The number of hydrogen-bond acceptors (Lipinski definition) is 4. The van der Waals surface area contributed by atoms with Crippen LogP contribution in [0.25, 0.3) is 0 Å². The van der Waals surface area contributed by atoms with Gasteiger partial charge in [-0.15, -0.1) is 11.8 Å². The Hall–Kier alpha value is -2.34. The van der Waals surface area contributed by atoms with Crippen molar-refractivity contribution in [2.24, 2.45) is 0 Å². The van der Waals surface area contributed by atoms with Gasteiger partial charge in [0.15, 0.2) is 0 Å². The van der Waals surface area contributed by atoms with Gasteiger partial charge in [0.25, 0.3) is 5.69 Å². The first-order valence-electron chi connectivity index (χ1n) is 7.75. The number of amides is 1. The van der Waals surface area contributed by atoms with Crippen LogP contribution in [0.5, 0.6) is 0 Å². The molecule has 0 heterocycles. The lowest BCUT2D eigenvalue weighted by atomic mass is 10.1. The van der Waals surface area contributed by atoms with Crippen LogP contribution in [-0.2, 0) is 11.2 Å². The lowest BCUT2D eigenvalue weighted by Crippen LogP contribution is -2.34. The van der Waals surface area contributed by atoms with Gasteiger partial charge in [0, 0.05) is 23.1 Å². The van der Waals surface area contributed by atoms with Gasteiger partial charge in [-0.05, 0) is 37.5 Å². The zero-order valence-corrected chi connectivity index (χ0v) is 14.3. The molecule has 0 spiro atoms. The second-order valence-electron chi connectivity index (χ2n) is 5.53. The van der Waals surface area contributed by atoms with E-state index in [-0.39, 0.29) is 17.6 Å². The summed E-state index contributed by atoms with van der Waals surface area (Å²) in [6.07, 6.45) is 1.82. The molecule has 126 valence electrons. The van der Waals surface area contributed by atoms with Gasteiger partial charge < -0.3 is 5.32 Å². The average molecular weight is 344 g/mol. The number of nitro groups is 1. The van der Waals surface area contributed by atoms with Crippen LogP contribution in [0, 0.1) is 10.1 Å². The molecule has 5 nitrogen and oxygen atoms in total. The maximum absolute atomic E-state index is 12.0. The summed E-state index contributed by atoms with van der Waals surface area (Å²) in [4.78, 5) is 23.0. The Kier molecular flexibility index (Phi) is 6.81. The van der Waals surface area contributed by atoms with Crippen LogP contribution < -0.4 is 5.32 Å². The minimum absolute atomic E-state index is 0.0288. The summed E-state index contributed by atoms with van der Waals surface area (Å²) in [6.45, 7) is 2.00. The number of non-ortho nitro benzene ring substituents is 1. The number of nitrogens with zero attached hydrogens (tertiary/aromatic N) is 1. The molecular weight excluding hydrogens is 324 g/mol. The fourth-order valence-electron chi connectivity index (χ4n) is 2.23. The Balaban J connectivity index is 1.71. The van der Waals surface area contributed by atoms with Gasteiger partial charge in [-0.1, -0.05) is 30.3 Å². The smallest absolute Gasteiger partial charge is 0.269 e. The normalized spacial score (nSPS) is 11.7. The molecule has 1 atom stereocenters. The molecule has 2 aromatic rings. The number of nitro benzene ring substituents is 1. The van der Waals surface area contributed by atoms with Gasteiger partial charge in [0.1, 0.15) is 0 Å². The average Bonchev–Trinajstić information content (AvgIpc) is 2.59. The summed E-state index contributed by atoms with van der Waals surface area (Å²) in [5, 5.41) is 13.6. The molecule has 1 amide bonds. The largest absolute Gasteiger partial charge is 0.353 e. The summed E-state index contributed by atoms with van der Waals surface area (Å²) < 4.78 is 0. The highest BCUT2D eigenvalue weighted by Gasteiger charge is 2.09. The third-order valence-corrected chi connectivity index (χ3v) is 4.55. The predicted octanol–water partition coefficient (Wildman–Crippen LogP) is 3.82. The van der Waals surface area contributed by atoms with Crippen molar-refractivity contribution in [3.8, 4) is 0 Å². The Morgan fingerprint density at radius 3 is 2.46 bits per heavy atom. The van der Waals surface area contributed by atoms with E-state index >= 15 is 0 Å². The van der Waals surface area contributed by atoms with Crippen LogP contribution in [0.1, 0.15) is 18.9 Å². The predicted molar refractivity (Wildman–Crippen MR) is 96.2 cm³/mol. The SMILES string of the molecule is CC(CCc1ccccc1)NC(=O)CSc1ccc([N+](=O)[O-])cc1. The van der Waals surface area contributed by atoms with Crippen LogP contribution in [0.3, 0.4) is 0 Å². The van der Waals surface area contributed by atoms with Crippen molar-refractivity contribution in [1.29, 1.82) is 0 Å². The summed E-state index contributed by atoms with van der Waals surface area (Å²) in [5.41, 5.74) is 1.32. The highest BCUT2D eigenvalue weighted by molar-refractivity contribution is 8.00. The summed E-state index contributed by atoms with van der Waals surface area (Å²) in [5.74, 6) is 0.270. The quantitative estimate of drug-likeness (QED) is 0.449. The summed E-state index contributed by atoms with van der Waals surface area (Å²) >= 11 is 1.37. The molecule has 0 fully saturated rings. The van der Waals surface area contributed by atoms with Crippen molar-refractivity contribution in [3.63, 3.8) is 0 Å². The molecule has 0 saturated carbocycles. The van der Waals surface area contributed by atoms with E-state index in [2.05, 4.69) is 17.4 Å². The first-order chi connectivity index (χ1) is 11.5. The number of aryl methyl sites for hydroxylation is 1. The highest BCUT2D eigenvalue weighted by Crippen LogP contribution is 2.21. The second-order valence-corrected chi connectivity index (χ2v) is 6.58.